The van der Waals surface area contributed by atoms with E-state index in [1.807, 2.05) is 26.8 Å². The number of rotatable bonds is 4. The summed E-state index contributed by atoms with van der Waals surface area (Å²) in [6.07, 6.45) is 0. The number of aryl methyl sites for hydroxylation is 2. The Kier molecular flexibility index (Phi) is 4.53. The van der Waals surface area contributed by atoms with Crippen molar-refractivity contribution in [3.05, 3.63) is 45.4 Å². The smallest absolute Gasteiger partial charge is 0.321 e. The van der Waals surface area contributed by atoms with Crippen LogP contribution in [0.3, 0.4) is 0 Å². The number of nitrogens with zero attached hydrogens (tertiary/aromatic N) is 2. The van der Waals surface area contributed by atoms with Gasteiger partial charge in [-0.15, -0.1) is 11.3 Å². The van der Waals surface area contributed by atoms with Crippen LogP contribution in [-0.4, -0.2) is 30.0 Å². The minimum atomic E-state index is -0.158. The van der Waals surface area contributed by atoms with E-state index in [4.69, 9.17) is 0 Å². The summed E-state index contributed by atoms with van der Waals surface area (Å²) in [5.74, 6) is -0.158. The highest BCUT2D eigenvalue weighted by molar-refractivity contribution is 7.11. The van der Waals surface area contributed by atoms with Gasteiger partial charge in [0, 0.05) is 29.2 Å². The maximum absolute atomic E-state index is 12.5. The van der Waals surface area contributed by atoms with E-state index in [1.165, 1.54) is 0 Å². The van der Waals surface area contributed by atoms with Crippen LogP contribution in [0.5, 0.6) is 0 Å². The first kappa shape index (κ1) is 16.4. The lowest BCUT2D eigenvalue weighted by molar-refractivity contribution is 0.0940. The molecule has 1 atom stereocenters. The van der Waals surface area contributed by atoms with Gasteiger partial charge in [0.1, 0.15) is 0 Å². The average Bonchev–Trinajstić information content (AvgIpc) is 3.12. The van der Waals surface area contributed by atoms with E-state index in [0.717, 1.165) is 21.3 Å². The van der Waals surface area contributed by atoms with Crippen LogP contribution in [0, 0.1) is 13.8 Å². The number of benzene rings is 1. The number of aromatic nitrogens is 1. The van der Waals surface area contributed by atoms with Crippen LogP contribution in [0.15, 0.2) is 24.3 Å². The molecule has 0 aliphatic carbocycles. The van der Waals surface area contributed by atoms with Crippen molar-refractivity contribution in [2.24, 2.45) is 0 Å². The average molecular weight is 344 g/mol. The predicted octanol–water partition coefficient (Wildman–Crippen LogP) is 2.78. The topological polar surface area (TPSA) is 74.3 Å². The summed E-state index contributed by atoms with van der Waals surface area (Å²) >= 11 is 1.60. The summed E-state index contributed by atoms with van der Waals surface area (Å²) in [7, 11) is 0. The summed E-state index contributed by atoms with van der Waals surface area (Å²) in [6, 6.07) is 6.89. The van der Waals surface area contributed by atoms with Crippen molar-refractivity contribution in [1.29, 1.82) is 0 Å². The molecule has 1 saturated heterocycles. The molecular formula is C17H20N4O2S. The van der Waals surface area contributed by atoms with Crippen LogP contribution in [0.4, 0.5) is 10.5 Å². The van der Waals surface area contributed by atoms with Gasteiger partial charge in [0.25, 0.3) is 5.91 Å². The molecule has 2 heterocycles. The summed E-state index contributed by atoms with van der Waals surface area (Å²) in [4.78, 5) is 31.4. The van der Waals surface area contributed by atoms with Crippen molar-refractivity contribution in [3.63, 3.8) is 0 Å². The lowest BCUT2D eigenvalue weighted by Crippen LogP contribution is -2.29. The molecule has 2 aromatic rings. The molecule has 1 fully saturated rings. The minimum absolute atomic E-state index is 0.109. The molecule has 126 valence electrons. The number of thiazole rings is 1. The van der Waals surface area contributed by atoms with Crippen LogP contribution in [0.1, 0.15) is 38.9 Å². The lowest BCUT2D eigenvalue weighted by atomic mass is 10.1. The Morgan fingerprint density at radius 1 is 1.42 bits per heavy atom. The quantitative estimate of drug-likeness (QED) is 0.896. The second-order valence-corrected chi connectivity index (χ2v) is 7.05. The van der Waals surface area contributed by atoms with Crippen molar-refractivity contribution in [1.82, 2.24) is 15.6 Å². The molecule has 3 amide bonds. The molecule has 1 aromatic heterocycles. The largest absolute Gasteiger partial charge is 0.345 e. The standard InChI is InChI=1S/C17H20N4O2S/c1-10-15(24-12(3)19-10)11(2)20-16(22)13-5-4-6-14(9-13)21-8-7-18-17(21)23/h4-6,9,11H,7-8H2,1-3H3,(H,18,23)(H,20,22)/t11-/m0/s1. The van der Waals surface area contributed by atoms with Gasteiger partial charge in [-0.3, -0.25) is 9.69 Å². The van der Waals surface area contributed by atoms with Gasteiger partial charge in [0.15, 0.2) is 0 Å². The maximum Gasteiger partial charge on any atom is 0.321 e. The first-order chi connectivity index (χ1) is 11.5. The molecular weight excluding hydrogens is 324 g/mol. The summed E-state index contributed by atoms with van der Waals surface area (Å²) in [5, 5.41) is 6.76. The number of hydrogen-bond donors (Lipinski definition) is 2. The van der Waals surface area contributed by atoms with Crippen LogP contribution in [0.2, 0.25) is 0 Å². The molecule has 3 rings (SSSR count). The first-order valence-electron chi connectivity index (χ1n) is 7.86. The van der Waals surface area contributed by atoms with Gasteiger partial charge < -0.3 is 10.6 Å². The zero-order valence-corrected chi connectivity index (χ0v) is 14.7. The summed E-state index contributed by atoms with van der Waals surface area (Å²) < 4.78 is 0. The minimum Gasteiger partial charge on any atom is -0.345 e. The third kappa shape index (κ3) is 3.26. The number of amides is 3. The molecule has 0 spiro atoms. The molecule has 0 unspecified atom stereocenters. The van der Waals surface area contributed by atoms with Crippen molar-refractivity contribution < 1.29 is 9.59 Å². The Balaban J connectivity index is 1.75. The Morgan fingerprint density at radius 2 is 2.21 bits per heavy atom. The van der Waals surface area contributed by atoms with Crippen LogP contribution in [0.25, 0.3) is 0 Å². The van der Waals surface area contributed by atoms with Crippen molar-refractivity contribution in [3.8, 4) is 0 Å². The Bertz CT molecular complexity index is 787. The predicted molar refractivity (Wildman–Crippen MR) is 94.7 cm³/mol. The number of urea groups is 1. The lowest BCUT2D eigenvalue weighted by Gasteiger charge is -2.16. The summed E-state index contributed by atoms with van der Waals surface area (Å²) in [5.41, 5.74) is 2.22. The fraction of sp³-hybridized carbons (Fsp3) is 0.353. The van der Waals surface area contributed by atoms with E-state index in [9.17, 15) is 9.59 Å². The van der Waals surface area contributed by atoms with Gasteiger partial charge in [-0.05, 0) is 39.0 Å². The van der Waals surface area contributed by atoms with Gasteiger partial charge in [0.2, 0.25) is 0 Å². The van der Waals surface area contributed by atoms with Crippen LogP contribution in [-0.2, 0) is 0 Å². The molecule has 0 bridgehead atoms. The van der Waals surface area contributed by atoms with E-state index in [0.29, 0.717) is 18.7 Å². The van der Waals surface area contributed by atoms with E-state index in [2.05, 4.69) is 15.6 Å². The molecule has 1 aliphatic rings. The second kappa shape index (κ2) is 6.60. The normalized spacial score (nSPS) is 15.3. The van der Waals surface area contributed by atoms with Crippen LogP contribution < -0.4 is 15.5 Å². The first-order valence-corrected chi connectivity index (χ1v) is 8.67. The van der Waals surface area contributed by atoms with E-state index >= 15 is 0 Å². The SMILES string of the molecule is Cc1nc(C)c([C@H](C)NC(=O)c2cccc(N3CCNC3=O)c2)s1. The highest BCUT2D eigenvalue weighted by atomic mass is 32.1. The molecule has 1 aromatic carbocycles. The van der Waals surface area contributed by atoms with Gasteiger partial charge in [0.05, 0.1) is 16.7 Å². The highest BCUT2D eigenvalue weighted by Crippen LogP contribution is 2.25. The van der Waals surface area contributed by atoms with Crippen LogP contribution >= 0.6 is 11.3 Å². The maximum atomic E-state index is 12.5. The molecule has 0 radical (unpaired) electrons. The third-order valence-electron chi connectivity index (χ3n) is 3.96. The highest BCUT2D eigenvalue weighted by Gasteiger charge is 2.22. The zero-order valence-electron chi connectivity index (χ0n) is 13.9. The second-order valence-electron chi connectivity index (χ2n) is 5.81. The monoisotopic (exact) mass is 344 g/mol. The molecule has 0 saturated carbocycles. The van der Waals surface area contributed by atoms with Gasteiger partial charge in [-0.25, -0.2) is 9.78 Å². The molecule has 7 heteroatoms. The molecule has 24 heavy (non-hydrogen) atoms. The molecule has 1 aliphatic heterocycles. The van der Waals surface area contributed by atoms with Gasteiger partial charge in [-0.2, -0.15) is 0 Å². The fourth-order valence-electron chi connectivity index (χ4n) is 2.83. The van der Waals surface area contributed by atoms with E-state index in [-0.39, 0.29) is 18.0 Å². The number of hydrogen-bond acceptors (Lipinski definition) is 4. The summed E-state index contributed by atoms with van der Waals surface area (Å²) in [6.45, 7) is 7.10. The number of carbonyl (C=O) groups excluding carboxylic acids is 2. The van der Waals surface area contributed by atoms with Gasteiger partial charge >= 0.3 is 6.03 Å². The fourth-order valence-corrected chi connectivity index (χ4v) is 3.76. The van der Waals surface area contributed by atoms with Crippen molar-refractivity contribution in [2.45, 2.75) is 26.8 Å². The number of anilines is 1. The van der Waals surface area contributed by atoms with Crippen molar-refractivity contribution in [2.75, 3.05) is 18.0 Å². The zero-order chi connectivity index (χ0) is 17.3. The molecule has 6 nitrogen and oxygen atoms in total. The van der Waals surface area contributed by atoms with E-state index in [1.54, 1.807) is 34.4 Å². The van der Waals surface area contributed by atoms with E-state index < -0.39 is 0 Å². The Labute approximate surface area is 144 Å². The third-order valence-corrected chi connectivity index (χ3v) is 5.21. The Morgan fingerprint density at radius 3 is 2.83 bits per heavy atom. The number of carbonyl (C=O) groups is 2. The Hall–Kier alpha value is -2.41. The number of nitrogens with one attached hydrogen (secondary N) is 2. The van der Waals surface area contributed by atoms with Crippen molar-refractivity contribution >= 4 is 29.0 Å². The molecule has 2 N–H and O–H groups in total. The van der Waals surface area contributed by atoms with Gasteiger partial charge in [-0.1, -0.05) is 6.07 Å².